The molecule has 1 aliphatic carbocycles. The summed E-state index contributed by atoms with van der Waals surface area (Å²) in [7, 11) is 0. The van der Waals surface area contributed by atoms with Crippen LogP contribution in [0.15, 0.2) is 55.0 Å². The molecule has 4 rings (SSSR count). The van der Waals surface area contributed by atoms with Crippen LogP contribution in [0.25, 0.3) is 5.82 Å². The average Bonchev–Trinajstić information content (AvgIpc) is 3.31. The highest BCUT2D eigenvalue weighted by Gasteiger charge is 2.12. The molecule has 0 atom stereocenters. The maximum Gasteiger partial charge on any atom is 0.319 e. The van der Waals surface area contributed by atoms with Gasteiger partial charge in [0, 0.05) is 36.4 Å². The zero-order chi connectivity index (χ0) is 17.1. The highest BCUT2D eigenvalue weighted by atomic mass is 16.2. The number of benzene rings is 1. The van der Waals surface area contributed by atoms with Crippen LogP contribution in [0, 0.1) is 0 Å². The Morgan fingerprint density at radius 2 is 2.04 bits per heavy atom. The van der Waals surface area contributed by atoms with Crippen LogP contribution in [0.4, 0.5) is 10.5 Å². The number of aromatic nitrogens is 3. The minimum Gasteiger partial charge on any atom is -0.334 e. The summed E-state index contributed by atoms with van der Waals surface area (Å²) in [5.74, 6) is 0.713. The molecule has 0 radical (unpaired) electrons. The van der Waals surface area contributed by atoms with Gasteiger partial charge in [0.15, 0.2) is 5.82 Å². The van der Waals surface area contributed by atoms with E-state index in [1.807, 2.05) is 30.5 Å². The summed E-state index contributed by atoms with van der Waals surface area (Å²) < 4.78 is 1.69. The predicted octanol–water partition coefficient (Wildman–Crippen LogP) is 3.08. The Kier molecular flexibility index (Phi) is 4.16. The lowest BCUT2D eigenvalue weighted by molar-refractivity contribution is 0.251. The summed E-state index contributed by atoms with van der Waals surface area (Å²) in [6.07, 6.45) is 8.67. The number of fused-ring (bicyclic) bond motifs is 1. The number of nitrogens with one attached hydrogen (secondary N) is 2. The van der Waals surface area contributed by atoms with Crippen LogP contribution in [0.2, 0.25) is 0 Å². The number of hydrogen-bond donors (Lipinski definition) is 2. The molecule has 0 aliphatic heterocycles. The van der Waals surface area contributed by atoms with Gasteiger partial charge in [-0.2, -0.15) is 5.10 Å². The van der Waals surface area contributed by atoms with Crippen molar-refractivity contribution in [1.29, 1.82) is 0 Å². The van der Waals surface area contributed by atoms with Crippen molar-refractivity contribution in [2.24, 2.45) is 0 Å². The Labute approximate surface area is 145 Å². The number of anilines is 1. The van der Waals surface area contributed by atoms with Crippen molar-refractivity contribution in [3.63, 3.8) is 0 Å². The van der Waals surface area contributed by atoms with E-state index in [9.17, 15) is 4.79 Å². The summed E-state index contributed by atoms with van der Waals surface area (Å²) in [4.78, 5) is 16.6. The van der Waals surface area contributed by atoms with E-state index in [4.69, 9.17) is 0 Å². The normalized spacial score (nSPS) is 12.6. The number of carbonyl (C=O) groups is 1. The molecule has 2 aromatic heterocycles. The zero-order valence-corrected chi connectivity index (χ0v) is 13.8. The summed E-state index contributed by atoms with van der Waals surface area (Å²) in [6.45, 7) is 0.375. The molecule has 25 heavy (non-hydrogen) atoms. The Hall–Kier alpha value is -3.15. The van der Waals surface area contributed by atoms with Gasteiger partial charge < -0.3 is 10.6 Å². The summed E-state index contributed by atoms with van der Waals surface area (Å²) in [6, 6.07) is 11.5. The number of nitrogens with zero attached hydrogens (tertiary/aromatic N) is 3. The van der Waals surface area contributed by atoms with Crippen LogP contribution >= 0.6 is 0 Å². The van der Waals surface area contributed by atoms with E-state index in [1.54, 1.807) is 17.1 Å². The van der Waals surface area contributed by atoms with E-state index in [0.717, 1.165) is 24.1 Å². The molecule has 0 fully saturated rings. The van der Waals surface area contributed by atoms with Gasteiger partial charge in [-0.25, -0.2) is 14.5 Å². The average molecular weight is 333 g/mol. The van der Waals surface area contributed by atoms with Crippen LogP contribution in [-0.2, 0) is 19.4 Å². The minimum atomic E-state index is -0.229. The van der Waals surface area contributed by atoms with Gasteiger partial charge in [-0.1, -0.05) is 12.1 Å². The number of urea groups is 1. The molecule has 126 valence electrons. The topological polar surface area (TPSA) is 71.8 Å². The fourth-order valence-corrected chi connectivity index (χ4v) is 3.17. The SMILES string of the molecule is O=C(NCc1cccnc1-n1cccn1)Nc1ccc2c(c1)CCC2. The van der Waals surface area contributed by atoms with Crippen molar-refractivity contribution in [1.82, 2.24) is 20.1 Å². The fourth-order valence-electron chi connectivity index (χ4n) is 3.17. The largest absolute Gasteiger partial charge is 0.334 e. The molecule has 3 aromatic rings. The third-order valence-electron chi connectivity index (χ3n) is 4.38. The van der Waals surface area contributed by atoms with Gasteiger partial charge in [-0.15, -0.1) is 0 Å². The summed E-state index contributed by atoms with van der Waals surface area (Å²) in [5.41, 5.74) is 4.46. The van der Waals surface area contributed by atoms with E-state index in [1.165, 1.54) is 17.5 Å². The molecule has 0 spiro atoms. The molecular formula is C19H19N5O. The number of hydrogen-bond acceptors (Lipinski definition) is 3. The van der Waals surface area contributed by atoms with Crippen molar-refractivity contribution in [2.45, 2.75) is 25.8 Å². The van der Waals surface area contributed by atoms with Crippen molar-refractivity contribution >= 4 is 11.7 Å². The maximum absolute atomic E-state index is 12.2. The van der Waals surface area contributed by atoms with E-state index >= 15 is 0 Å². The second kappa shape index (κ2) is 6.76. The lowest BCUT2D eigenvalue weighted by atomic mass is 10.1. The van der Waals surface area contributed by atoms with Crippen LogP contribution in [0.1, 0.15) is 23.1 Å². The standard InChI is InChI=1S/C19H19N5O/c25-19(23-17-8-7-14-4-1-5-15(14)12-17)21-13-16-6-2-9-20-18(16)24-11-3-10-22-24/h2-3,6-12H,1,4-5,13H2,(H2,21,23,25). The number of carbonyl (C=O) groups excluding carboxylic acids is 1. The van der Waals surface area contributed by atoms with Gasteiger partial charge in [0.1, 0.15) is 0 Å². The second-order valence-corrected chi connectivity index (χ2v) is 6.08. The molecule has 0 unspecified atom stereocenters. The highest BCUT2D eigenvalue weighted by Crippen LogP contribution is 2.24. The molecule has 1 aromatic carbocycles. The first kappa shape index (κ1) is 15.4. The monoisotopic (exact) mass is 333 g/mol. The van der Waals surface area contributed by atoms with Crippen molar-refractivity contribution < 1.29 is 4.79 Å². The van der Waals surface area contributed by atoms with Gasteiger partial charge in [-0.3, -0.25) is 0 Å². The van der Waals surface area contributed by atoms with E-state index in [2.05, 4.69) is 32.8 Å². The van der Waals surface area contributed by atoms with Crippen molar-refractivity contribution in [3.05, 3.63) is 71.7 Å². The Morgan fingerprint density at radius 3 is 2.92 bits per heavy atom. The van der Waals surface area contributed by atoms with Gasteiger partial charge in [-0.05, 0) is 54.7 Å². The molecule has 2 amide bonds. The van der Waals surface area contributed by atoms with Crippen LogP contribution in [0.5, 0.6) is 0 Å². The predicted molar refractivity (Wildman–Crippen MR) is 95.7 cm³/mol. The molecule has 2 N–H and O–H groups in total. The van der Waals surface area contributed by atoms with Crippen molar-refractivity contribution in [2.75, 3.05) is 5.32 Å². The molecule has 1 aliphatic rings. The zero-order valence-electron chi connectivity index (χ0n) is 13.8. The number of amides is 2. The highest BCUT2D eigenvalue weighted by molar-refractivity contribution is 5.89. The molecule has 0 saturated carbocycles. The van der Waals surface area contributed by atoms with Gasteiger partial charge in [0.25, 0.3) is 0 Å². The quantitative estimate of drug-likeness (QED) is 0.771. The Balaban J connectivity index is 1.41. The van der Waals surface area contributed by atoms with Gasteiger partial charge in [0.05, 0.1) is 0 Å². The Bertz CT molecular complexity index is 889. The maximum atomic E-state index is 12.2. The summed E-state index contributed by atoms with van der Waals surface area (Å²) >= 11 is 0. The molecule has 6 heteroatoms. The lowest BCUT2D eigenvalue weighted by Gasteiger charge is -2.11. The fraction of sp³-hybridized carbons (Fsp3) is 0.211. The first-order chi connectivity index (χ1) is 12.3. The first-order valence-corrected chi connectivity index (χ1v) is 8.40. The van der Waals surface area contributed by atoms with E-state index < -0.39 is 0 Å². The molecule has 2 heterocycles. The van der Waals surface area contributed by atoms with Gasteiger partial charge >= 0.3 is 6.03 Å². The molecular weight excluding hydrogens is 314 g/mol. The summed E-state index contributed by atoms with van der Waals surface area (Å²) in [5, 5.41) is 9.99. The Morgan fingerprint density at radius 1 is 1.12 bits per heavy atom. The van der Waals surface area contributed by atoms with Gasteiger partial charge in [0.2, 0.25) is 0 Å². The molecule has 0 bridgehead atoms. The molecule has 6 nitrogen and oxygen atoms in total. The lowest BCUT2D eigenvalue weighted by Crippen LogP contribution is -2.28. The van der Waals surface area contributed by atoms with E-state index in [-0.39, 0.29) is 6.03 Å². The number of aryl methyl sites for hydroxylation is 2. The minimum absolute atomic E-state index is 0.229. The number of rotatable bonds is 4. The third-order valence-corrected chi connectivity index (χ3v) is 4.38. The van der Waals surface area contributed by atoms with Crippen LogP contribution in [0.3, 0.4) is 0 Å². The first-order valence-electron chi connectivity index (χ1n) is 8.40. The second-order valence-electron chi connectivity index (χ2n) is 6.08. The van der Waals surface area contributed by atoms with E-state index in [0.29, 0.717) is 12.4 Å². The third kappa shape index (κ3) is 3.38. The smallest absolute Gasteiger partial charge is 0.319 e. The number of pyridine rings is 1. The van der Waals surface area contributed by atoms with Crippen LogP contribution < -0.4 is 10.6 Å². The van der Waals surface area contributed by atoms with Crippen molar-refractivity contribution in [3.8, 4) is 5.82 Å². The molecule has 0 saturated heterocycles. The van der Waals surface area contributed by atoms with Crippen LogP contribution in [-0.4, -0.2) is 20.8 Å².